The zero-order valence-corrected chi connectivity index (χ0v) is 10.0. The molecule has 1 aliphatic rings. The lowest BCUT2D eigenvalue weighted by Crippen LogP contribution is -2.39. The fourth-order valence-electron chi connectivity index (χ4n) is 2.28. The first kappa shape index (κ1) is 12.8. The number of aromatic nitrogens is 1. The van der Waals surface area contributed by atoms with Crippen molar-refractivity contribution >= 4 is 11.3 Å². The maximum absolute atomic E-state index is 12.5. The Labute approximate surface area is 101 Å². The summed E-state index contributed by atoms with van der Waals surface area (Å²) < 4.78 is 37.4. The highest BCUT2D eigenvalue weighted by atomic mass is 32.1. The van der Waals surface area contributed by atoms with Crippen LogP contribution < -0.4 is 0 Å². The Morgan fingerprint density at radius 1 is 1.41 bits per heavy atom. The predicted molar refractivity (Wildman–Crippen MR) is 58.8 cm³/mol. The third-order valence-electron chi connectivity index (χ3n) is 3.34. The quantitative estimate of drug-likeness (QED) is 0.891. The molecule has 1 N–H and O–H groups in total. The van der Waals surface area contributed by atoms with Crippen molar-refractivity contribution in [1.29, 1.82) is 0 Å². The lowest BCUT2D eigenvalue weighted by Gasteiger charge is -2.36. The Morgan fingerprint density at radius 2 is 2.06 bits per heavy atom. The molecule has 0 amide bonds. The number of halogens is 3. The van der Waals surface area contributed by atoms with Crippen LogP contribution in [0.2, 0.25) is 0 Å². The summed E-state index contributed by atoms with van der Waals surface area (Å²) in [4.78, 5) is 4.06. The summed E-state index contributed by atoms with van der Waals surface area (Å²) in [6.45, 7) is 0. The second-order valence-electron chi connectivity index (χ2n) is 4.64. The van der Waals surface area contributed by atoms with E-state index in [2.05, 4.69) is 4.98 Å². The van der Waals surface area contributed by atoms with Crippen molar-refractivity contribution in [2.24, 2.45) is 5.92 Å². The van der Waals surface area contributed by atoms with Crippen molar-refractivity contribution < 1.29 is 18.3 Å². The molecule has 1 aliphatic carbocycles. The zero-order valence-electron chi connectivity index (χ0n) is 9.20. The van der Waals surface area contributed by atoms with Gasteiger partial charge in [-0.2, -0.15) is 13.2 Å². The van der Waals surface area contributed by atoms with Crippen molar-refractivity contribution in [2.45, 2.75) is 43.9 Å². The van der Waals surface area contributed by atoms with E-state index < -0.39 is 17.7 Å². The van der Waals surface area contributed by atoms with E-state index in [4.69, 9.17) is 0 Å². The SMILES string of the molecule is OC1(Cc2nccs2)CCC(C(F)(F)F)CC1. The summed E-state index contributed by atoms with van der Waals surface area (Å²) in [6, 6.07) is 0. The van der Waals surface area contributed by atoms with Gasteiger partial charge in [0.2, 0.25) is 0 Å². The second kappa shape index (κ2) is 4.57. The van der Waals surface area contributed by atoms with Crippen LogP contribution in [0.25, 0.3) is 0 Å². The van der Waals surface area contributed by atoms with E-state index in [-0.39, 0.29) is 25.7 Å². The van der Waals surface area contributed by atoms with E-state index in [1.165, 1.54) is 11.3 Å². The predicted octanol–water partition coefficient (Wildman–Crippen LogP) is 3.17. The summed E-state index contributed by atoms with van der Waals surface area (Å²) >= 11 is 1.43. The second-order valence-corrected chi connectivity index (χ2v) is 5.62. The highest BCUT2D eigenvalue weighted by Gasteiger charge is 2.45. The van der Waals surface area contributed by atoms with E-state index in [0.717, 1.165) is 5.01 Å². The van der Waals surface area contributed by atoms with Gasteiger partial charge in [-0.1, -0.05) is 0 Å². The molecule has 1 saturated carbocycles. The van der Waals surface area contributed by atoms with E-state index in [0.29, 0.717) is 6.42 Å². The van der Waals surface area contributed by atoms with Gasteiger partial charge in [0.25, 0.3) is 0 Å². The standard InChI is InChI=1S/C11H14F3NOS/c12-11(13,14)8-1-3-10(16,4-2-8)7-9-15-5-6-17-9/h5-6,8,16H,1-4,7H2. The summed E-state index contributed by atoms with van der Waals surface area (Å²) in [7, 11) is 0. The van der Waals surface area contributed by atoms with Crippen LogP contribution in [0.15, 0.2) is 11.6 Å². The molecule has 0 radical (unpaired) electrons. The maximum atomic E-state index is 12.5. The highest BCUT2D eigenvalue weighted by molar-refractivity contribution is 7.09. The topological polar surface area (TPSA) is 33.1 Å². The molecule has 0 spiro atoms. The van der Waals surface area contributed by atoms with Gasteiger partial charge >= 0.3 is 6.18 Å². The molecule has 1 heterocycles. The number of hydrogen-bond donors (Lipinski definition) is 1. The Morgan fingerprint density at radius 3 is 2.53 bits per heavy atom. The number of rotatable bonds is 2. The molecule has 0 bridgehead atoms. The van der Waals surface area contributed by atoms with Crippen LogP contribution in [-0.2, 0) is 6.42 Å². The average Bonchev–Trinajstić information content (AvgIpc) is 2.68. The van der Waals surface area contributed by atoms with Gasteiger partial charge in [-0.05, 0) is 25.7 Å². The Bertz CT molecular complexity index is 355. The van der Waals surface area contributed by atoms with Gasteiger partial charge in [0.15, 0.2) is 0 Å². The number of nitrogens with zero attached hydrogens (tertiary/aromatic N) is 1. The molecular formula is C11H14F3NOS. The lowest BCUT2D eigenvalue weighted by molar-refractivity contribution is -0.192. The van der Waals surface area contributed by atoms with E-state index >= 15 is 0 Å². The van der Waals surface area contributed by atoms with Crippen LogP contribution in [0.5, 0.6) is 0 Å². The first-order chi connectivity index (χ1) is 7.89. The fourth-order valence-corrected chi connectivity index (χ4v) is 3.03. The van der Waals surface area contributed by atoms with Gasteiger partial charge in [-0.3, -0.25) is 0 Å². The molecule has 1 fully saturated rings. The summed E-state index contributed by atoms with van der Waals surface area (Å²) in [5, 5.41) is 12.8. The lowest BCUT2D eigenvalue weighted by atomic mass is 9.77. The first-order valence-electron chi connectivity index (χ1n) is 5.56. The Balaban J connectivity index is 1.93. The molecule has 0 unspecified atom stereocenters. The Kier molecular flexibility index (Phi) is 3.45. The first-order valence-corrected chi connectivity index (χ1v) is 6.44. The summed E-state index contributed by atoms with van der Waals surface area (Å²) in [6.07, 6.45) is -1.66. The number of hydrogen-bond acceptors (Lipinski definition) is 3. The smallest absolute Gasteiger partial charge is 0.389 e. The molecule has 2 nitrogen and oxygen atoms in total. The van der Waals surface area contributed by atoms with Crippen LogP contribution in [0.3, 0.4) is 0 Å². The van der Waals surface area contributed by atoms with Gasteiger partial charge in [0, 0.05) is 18.0 Å². The molecule has 1 aromatic rings. The molecule has 0 saturated heterocycles. The zero-order chi connectivity index (χ0) is 12.5. The van der Waals surface area contributed by atoms with Crippen LogP contribution in [0, 0.1) is 5.92 Å². The van der Waals surface area contributed by atoms with Crippen LogP contribution in [0.4, 0.5) is 13.2 Å². The van der Waals surface area contributed by atoms with Crippen molar-refractivity contribution in [3.8, 4) is 0 Å². The van der Waals surface area contributed by atoms with Gasteiger partial charge in [-0.25, -0.2) is 4.98 Å². The largest absolute Gasteiger partial charge is 0.391 e. The molecule has 0 atom stereocenters. The fraction of sp³-hybridized carbons (Fsp3) is 0.727. The average molecular weight is 265 g/mol. The van der Waals surface area contributed by atoms with Gasteiger partial charge in [-0.15, -0.1) is 11.3 Å². The summed E-state index contributed by atoms with van der Waals surface area (Å²) in [5.41, 5.74) is -1.00. The monoisotopic (exact) mass is 265 g/mol. The normalized spacial score (nSPS) is 30.5. The maximum Gasteiger partial charge on any atom is 0.391 e. The van der Waals surface area contributed by atoms with Crippen molar-refractivity contribution in [2.75, 3.05) is 0 Å². The number of aliphatic hydroxyl groups is 1. The Hall–Kier alpha value is -0.620. The molecule has 17 heavy (non-hydrogen) atoms. The highest BCUT2D eigenvalue weighted by Crippen LogP contribution is 2.42. The molecule has 1 aromatic heterocycles. The molecule has 0 aromatic carbocycles. The van der Waals surface area contributed by atoms with Crippen molar-refractivity contribution in [1.82, 2.24) is 4.98 Å². The molecular weight excluding hydrogens is 251 g/mol. The van der Waals surface area contributed by atoms with E-state index in [1.54, 1.807) is 11.6 Å². The minimum Gasteiger partial charge on any atom is -0.389 e. The van der Waals surface area contributed by atoms with E-state index in [1.807, 2.05) is 0 Å². The van der Waals surface area contributed by atoms with Crippen LogP contribution >= 0.6 is 11.3 Å². The van der Waals surface area contributed by atoms with E-state index in [9.17, 15) is 18.3 Å². The number of thiazole rings is 1. The third kappa shape index (κ3) is 3.19. The minimum absolute atomic E-state index is 0.0192. The van der Waals surface area contributed by atoms with Gasteiger partial charge < -0.3 is 5.11 Å². The summed E-state index contributed by atoms with van der Waals surface area (Å²) in [5.74, 6) is -1.25. The van der Waals surface area contributed by atoms with Gasteiger partial charge in [0.1, 0.15) is 0 Å². The van der Waals surface area contributed by atoms with Crippen molar-refractivity contribution in [3.63, 3.8) is 0 Å². The molecule has 96 valence electrons. The van der Waals surface area contributed by atoms with Crippen LogP contribution in [0.1, 0.15) is 30.7 Å². The van der Waals surface area contributed by atoms with Crippen molar-refractivity contribution in [3.05, 3.63) is 16.6 Å². The minimum atomic E-state index is -4.12. The third-order valence-corrected chi connectivity index (χ3v) is 4.12. The molecule has 6 heteroatoms. The molecule has 0 aliphatic heterocycles. The van der Waals surface area contributed by atoms with Gasteiger partial charge in [0.05, 0.1) is 16.5 Å². The number of alkyl halides is 3. The van der Waals surface area contributed by atoms with Crippen LogP contribution in [-0.4, -0.2) is 21.9 Å². The molecule has 2 rings (SSSR count).